The zero-order valence-electron chi connectivity index (χ0n) is 13.8. The maximum Gasteiger partial charge on any atom is 0.303 e. The Morgan fingerprint density at radius 2 is 1.96 bits per heavy atom. The molecule has 0 radical (unpaired) electrons. The Kier molecular flexibility index (Phi) is 6.81. The fourth-order valence-corrected chi connectivity index (χ4v) is 3.63. The van der Waals surface area contributed by atoms with Crippen molar-refractivity contribution in [2.45, 2.75) is 43.2 Å². The Morgan fingerprint density at radius 3 is 2.58 bits per heavy atom. The summed E-state index contributed by atoms with van der Waals surface area (Å²) >= 11 is 0. The number of sulfonamides is 1. The van der Waals surface area contributed by atoms with Crippen LogP contribution in [0.5, 0.6) is 0 Å². The molecule has 0 saturated heterocycles. The second-order valence-electron chi connectivity index (χ2n) is 5.73. The first-order valence-corrected chi connectivity index (χ1v) is 9.33. The second kappa shape index (κ2) is 8.86. The topological polar surface area (TPSA) is 101 Å². The highest BCUT2D eigenvalue weighted by Gasteiger charge is 2.23. The number of carboxylic acids is 1. The normalized spacial score (nSPS) is 13.0. The highest BCUT2D eigenvalue weighted by molar-refractivity contribution is 7.89. The summed E-state index contributed by atoms with van der Waals surface area (Å²) in [5, 5.41) is 12.5. The molecule has 7 nitrogen and oxygen atoms in total. The van der Waals surface area contributed by atoms with Crippen LogP contribution in [0.4, 0.5) is 8.78 Å². The van der Waals surface area contributed by atoms with E-state index in [1.165, 1.54) is 0 Å². The molecule has 0 aliphatic rings. The predicted molar refractivity (Wildman–Crippen MR) is 89.4 cm³/mol. The molecule has 10 heteroatoms. The molecule has 2 rings (SSSR count). The lowest BCUT2D eigenvalue weighted by Gasteiger charge is -2.17. The third-order valence-electron chi connectivity index (χ3n) is 3.60. The number of benzene rings is 1. The molecule has 0 fully saturated rings. The van der Waals surface area contributed by atoms with Gasteiger partial charge >= 0.3 is 5.97 Å². The molecule has 0 aliphatic carbocycles. The van der Waals surface area contributed by atoms with Gasteiger partial charge in [0, 0.05) is 18.7 Å². The first-order chi connectivity index (χ1) is 12.3. The lowest BCUT2D eigenvalue weighted by Crippen LogP contribution is -2.36. The molecule has 0 bridgehead atoms. The summed E-state index contributed by atoms with van der Waals surface area (Å²) in [6, 6.07) is 8.37. The van der Waals surface area contributed by atoms with Gasteiger partial charge in [-0.05, 0) is 18.4 Å². The molecule has 1 aromatic heterocycles. The van der Waals surface area contributed by atoms with Crippen LogP contribution in [0.15, 0.2) is 47.6 Å². The molecule has 0 aliphatic heterocycles. The van der Waals surface area contributed by atoms with Gasteiger partial charge in [-0.15, -0.1) is 0 Å². The van der Waals surface area contributed by atoms with Crippen LogP contribution >= 0.6 is 0 Å². The van der Waals surface area contributed by atoms with Crippen LogP contribution in [-0.4, -0.2) is 41.7 Å². The van der Waals surface area contributed by atoms with E-state index in [1.54, 1.807) is 12.1 Å². The molecule has 0 saturated carbocycles. The molecule has 2 N–H and O–H groups in total. The van der Waals surface area contributed by atoms with Crippen LogP contribution in [0.1, 0.15) is 18.4 Å². The Morgan fingerprint density at radius 1 is 1.27 bits per heavy atom. The van der Waals surface area contributed by atoms with Gasteiger partial charge in [0.25, 0.3) is 6.43 Å². The third-order valence-corrected chi connectivity index (χ3v) is 5.07. The van der Waals surface area contributed by atoms with Crippen LogP contribution in [0.2, 0.25) is 0 Å². The van der Waals surface area contributed by atoms with Crippen molar-refractivity contribution in [3.05, 3.63) is 48.3 Å². The number of rotatable bonds is 10. The summed E-state index contributed by atoms with van der Waals surface area (Å²) in [5.41, 5.74) is 0.846. The van der Waals surface area contributed by atoms with E-state index in [0.717, 1.165) is 22.6 Å². The smallest absolute Gasteiger partial charge is 0.303 e. The summed E-state index contributed by atoms with van der Waals surface area (Å²) in [7, 11) is -4.01. The van der Waals surface area contributed by atoms with Crippen molar-refractivity contribution in [1.29, 1.82) is 0 Å². The van der Waals surface area contributed by atoms with Gasteiger partial charge in [0.15, 0.2) is 0 Å². The molecule has 1 heterocycles. The summed E-state index contributed by atoms with van der Waals surface area (Å²) in [5.74, 6) is -1.04. The van der Waals surface area contributed by atoms with E-state index in [4.69, 9.17) is 5.11 Å². The highest BCUT2D eigenvalue weighted by atomic mass is 32.2. The average molecular weight is 387 g/mol. The van der Waals surface area contributed by atoms with Crippen molar-refractivity contribution in [3.63, 3.8) is 0 Å². The molecule has 0 amide bonds. The van der Waals surface area contributed by atoms with E-state index in [2.05, 4.69) is 9.82 Å². The monoisotopic (exact) mass is 387 g/mol. The molecular weight excluding hydrogens is 368 g/mol. The lowest BCUT2D eigenvalue weighted by molar-refractivity contribution is -0.137. The maximum absolute atomic E-state index is 12.5. The first-order valence-electron chi connectivity index (χ1n) is 7.85. The van der Waals surface area contributed by atoms with E-state index in [9.17, 15) is 22.0 Å². The van der Waals surface area contributed by atoms with Crippen LogP contribution < -0.4 is 4.72 Å². The number of hydrogen-bond acceptors (Lipinski definition) is 4. The number of nitrogens with zero attached hydrogens (tertiary/aromatic N) is 2. The predicted octanol–water partition coefficient (Wildman–Crippen LogP) is 1.90. The number of carbonyl (C=O) groups is 1. The Bertz CT molecular complexity index is 825. The van der Waals surface area contributed by atoms with E-state index < -0.39 is 35.0 Å². The Labute approximate surface area is 149 Å². The molecule has 0 spiro atoms. The van der Waals surface area contributed by atoms with Crippen LogP contribution in [0.25, 0.3) is 0 Å². The van der Waals surface area contributed by atoms with Gasteiger partial charge in [-0.3, -0.25) is 9.48 Å². The van der Waals surface area contributed by atoms with Gasteiger partial charge < -0.3 is 5.11 Å². The van der Waals surface area contributed by atoms with E-state index >= 15 is 0 Å². The van der Waals surface area contributed by atoms with Crippen molar-refractivity contribution < 1.29 is 27.1 Å². The van der Waals surface area contributed by atoms with E-state index in [-0.39, 0.29) is 17.7 Å². The zero-order valence-corrected chi connectivity index (χ0v) is 14.6. The van der Waals surface area contributed by atoms with Crippen molar-refractivity contribution in [2.75, 3.05) is 0 Å². The van der Waals surface area contributed by atoms with Crippen LogP contribution in [-0.2, 0) is 27.8 Å². The highest BCUT2D eigenvalue weighted by Crippen LogP contribution is 2.14. The Balaban J connectivity index is 2.13. The first kappa shape index (κ1) is 20.0. The van der Waals surface area contributed by atoms with Crippen molar-refractivity contribution in [2.24, 2.45) is 0 Å². The minimum atomic E-state index is -4.01. The molecule has 26 heavy (non-hydrogen) atoms. The largest absolute Gasteiger partial charge is 0.481 e. The number of aromatic nitrogens is 2. The SMILES string of the molecule is O=C(O)CCC(Cc1ccccc1)NS(=O)(=O)c1cnn(CC(F)F)c1. The minimum absolute atomic E-state index is 0.0919. The zero-order chi connectivity index (χ0) is 19.2. The van der Waals surface area contributed by atoms with E-state index in [1.807, 2.05) is 18.2 Å². The van der Waals surface area contributed by atoms with Crippen molar-refractivity contribution in [1.82, 2.24) is 14.5 Å². The second-order valence-corrected chi connectivity index (χ2v) is 7.44. The lowest BCUT2D eigenvalue weighted by atomic mass is 10.0. The van der Waals surface area contributed by atoms with Crippen molar-refractivity contribution in [3.8, 4) is 0 Å². The summed E-state index contributed by atoms with van der Waals surface area (Å²) in [6.45, 7) is -0.706. The molecule has 142 valence electrons. The number of hydrogen-bond donors (Lipinski definition) is 2. The molecule has 1 atom stereocenters. The number of nitrogens with one attached hydrogen (secondary N) is 1. The van der Waals surface area contributed by atoms with Crippen molar-refractivity contribution >= 4 is 16.0 Å². The third kappa shape index (κ3) is 6.19. The van der Waals surface area contributed by atoms with Crippen LogP contribution in [0.3, 0.4) is 0 Å². The quantitative estimate of drug-likeness (QED) is 0.648. The molecule has 2 aromatic rings. The molecule has 1 unspecified atom stereocenters. The fraction of sp³-hybridized carbons (Fsp3) is 0.375. The Hall–Kier alpha value is -2.33. The summed E-state index contributed by atoms with van der Waals surface area (Å²) in [4.78, 5) is 10.6. The maximum atomic E-state index is 12.5. The van der Waals surface area contributed by atoms with Gasteiger partial charge in [0.05, 0.1) is 6.20 Å². The minimum Gasteiger partial charge on any atom is -0.481 e. The number of halogens is 2. The average Bonchev–Trinajstić information content (AvgIpc) is 3.02. The summed E-state index contributed by atoms with van der Waals surface area (Å²) < 4.78 is 53.0. The number of carboxylic acid groups (broad SMARTS) is 1. The van der Waals surface area contributed by atoms with E-state index in [0.29, 0.717) is 6.42 Å². The standard InChI is InChI=1S/C16H19F2N3O4S/c17-15(18)11-21-10-14(9-19-21)26(24,25)20-13(6-7-16(22)23)8-12-4-2-1-3-5-12/h1-5,9-10,13,15,20H,6-8,11H2,(H,22,23). The number of aliphatic carboxylic acids is 1. The molecule has 1 aromatic carbocycles. The fourth-order valence-electron chi connectivity index (χ4n) is 2.41. The number of alkyl halides is 2. The van der Waals surface area contributed by atoms with Gasteiger partial charge in [0.2, 0.25) is 10.0 Å². The summed E-state index contributed by atoms with van der Waals surface area (Å²) in [6.07, 6.45) is -0.454. The van der Waals surface area contributed by atoms with Gasteiger partial charge in [-0.25, -0.2) is 21.9 Å². The molecular formula is C16H19F2N3O4S. The van der Waals surface area contributed by atoms with Gasteiger partial charge in [-0.1, -0.05) is 30.3 Å². The van der Waals surface area contributed by atoms with Crippen LogP contribution in [0, 0.1) is 0 Å². The van der Waals surface area contributed by atoms with Gasteiger partial charge in [-0.2, -0.15) is 5.10 Å². The van der Waals surface area contributed by atoms with Gasteiger partial charge in [0.1, 0.15) is 11.4 Å².